The van der Waals surface area contributed by atoms with Crippen LogP contribution in [0.15, 0.2) is 18.2 Å². The number of carbonyl (C=O) groups excluding carboxylic acids is 1. The van der Waals surface area contributed by atoms with Gasteiger partial charge in [0, 0.05) is 15.7 Å². The summed E-state index contributed by atoms with van der Waals surface area (Å²) in [7, 11) is 4.05. The molecule has 0 spiro atoms. The Kier molecular flexibility index (Phi) is 7.16. The first-order chi connectivity index (χ1) is 8.97. The lowest BCUT2D eigenvalue weighted by Crippen LogP contribution is -2.30. The van der Waals surface area contributed by atoms with Gasteiger partial charge in [0.2, 0.25) is 5.91 Å². The van der Waals surface area contributed by atoms with Crippen LogP contribution in [0.25, 0.3) is 0 Å². The first kappa shape index (κ1) is 16.2. The van der Waals surface area contributed by atoms with Crippen LogP contribution in [0, 0.1) is 0 Å². The maximum absolute atomic E-state index is 11.7. The highest BCUT2D eigenvalue weighted by Crippen LogP contribution is 2.22. The lowest BCUT2D eigenvalue weighted by Gasteiger charge is -2.10. The zero-order chi connectivity index (χ0) is 14.3. The first-order valence-corrected chi connectivity index (χ1v) is 6.84. The van der Waals surface area contributed by atoms with E-state index in [0.29, 0.717) is 15.7 Å². The Balaban J connectivity index is 2.27. The van der Waals surface area contributed by atoms with E-state index in [2.05, 4.69) is 15.5 Å². The van der Waals surface area contributed by atoms with Crippen molar-refractivity contribution in [3.63, 3.8) is 0 Å². The van der Waals surface area contributed by atoms with Crippen molar-refractivity contribution >= 4 is 34.8 Å². The molecule has 1 amide bonds. The molecule has 0 unspecified atom stereocenters. The summed E-state index contributed by atoms with van der Waals surface area (Å²) in [5.74, 6) is -0.108. The van der Waals surface area contributed by atoms with Gasteiger partial charge in [0.05, 0.1) is 6.54 Å². The number of hydrogen-bond acceptors (Lipinski definition) is 3. The SMILES string of the molecule is CN(C)CCCNCC(=O)Nc1cc(Cl)cc(Cl)c1. The Morgan fingerprint density at radius 3 is 2.42 bits per heavy atom. The normalized spacial score (nSPS) is 10.8. The van der Waals surface area contributed by atoms with Crippen LogP contribution < -0.4 is 10.6 Å². The second-order valence-electron chi connectivity index (χ2n) is 4.54. The van der Waals surface area contributed by atoms with E-state index < -0.39 is 0 Å². The number of rotatable bonds is 7. The molecular weight excluding hydrogens is 285 g/mol. The van der Waals surface area contributed by atoms with Crippen molar-refractivity contribution in [1.82, 2.24) is 10.2 Å². The third kappa shape index (κ3) is 7.38. The summed E-state index contributed by atoms with van der Waals surface area (Å²) in [6.07, 6.45) is 1.00. The van der Waals surface area contributed by atoms with Gasteiger partial charge in [-0.15, -0.1) is 0 Å². The summed E-state index contributed by atoms with van der Waals surface area (Å²) >= 11 is 11.7. The number of hydrogen-bond donors (Lipinski definition) is 2. The molecule has 0 radical (unpaired) electrons. The molecule has 6 heteroatoms. The molecule has 19 heavy (non-hydrogen) atoms. The largest absolute Gasteiger partial charge is 0.325 e. The van der Waals surface area contributed by atoms with Crippen LogP contribution in [0.1, 0.15) is 6.42 Å². The molecule has 1 rings (SSSR count). The van der Waals surface area contributed by atoms with Crippen molar-refractivity contribution in [3.8, 4) is 0 Å². The summed E-state index contributed by atoms with van der Waals surface area (Å²) in [6.45, 7) is 2.08. The van der Waals surface area contributed by atoms with E-state index in [1.807, 2.05) is 14.1 Å². The minimum atomic E-state index is -0.108. The van der Waals surface area contributed by atoms with Crippen LogP contribution in [0.5, 0.6) is 0 Å². The fourth-order valence-corrected chi connectivity index (χ4v) is 2.08. The molecule has 1 aromatic carbocycles. The number of nitrogens with one attached hydrogen (secondary N) is 2. The number of amides is 1. The van der Waals surface area contributed by atoms with Gasteiger partial charge in [-0.05, 0) is 51.8 Å². The average Bonchev–Trinajstić information content (AvgIpc) is 2.26. The van der Waals surface area contributed by atoms with Crippen LogP contribution >= 0.6 is 23.2 Å². The summed E-state index contributed by atoms with van der Waals surface area (Å²) in [5.41, 5.74) is 0.609. The third-order valence-corrected chi connectivity index (χ3v) is 2.83. The van der Waals surface area contributed by atoms with E-state index in [-0.39, 0.29) is 12.5 Å². The highest BCUT2D eigenvalue weighted by atomic mass is 35.5. The highest BCUT2D eigenvalue weighted by Gasteiger charge is 2.03. The van der Waals surface area contributed by atoms with Gasteiger partial charge < -0.3 is 15.5 Å². The van der Waals surface area contributed by atoms with Gasteiger partial charge >= 0.3 is 0 Å². The minimum Gasteiger partial charge on any atom is -0.325 e. The Morgan fingerprint density at radius 2 is 1.84 bits per heavy atom. The first-order valence-electron chi connectivity index (χ1n) is 6.09. The quantitative estimate of drug-likeness (QED) is 0.761. The van der Waals surface area contributed by atoms with Crippen LogP contribution in [-0.4, -0.2) is 44.5 Å². The number of anilines is 1. The zero-order valence-corrected chi connectivity index (χ0v) is 12.7. The van der Waals surface area contributed by atoms with Gasteiger partial charge in [0.25, 0.3) is 0 Å². The van der Waals surface area contributed by atoms with Crippen molar-refractivity contribution in [2.24, 2.45) is 0 Å². The van der Waals surface area contributed by atoms with E-state index in [1.54, 1.807) is 18.2 Å². The van der Waals surface area contributed by atoms with E-state index in [9.17, 15) is 4.79 Å². The van der Waals surface area contributed by atoms with Gasteiger partial charge in [-0.1, -0.05) is 23.2 Å². The fourth-order valence-electron chi connectivity index (χ4n) is 1.55. The van der Waals surface area contributed by atoms with Crippen LogP contribution in [0.3, 0.4) is 0 Å². The number of carbonyl (C=O) groups is 1. The highest BCUT2D eigenvalue weighted by molar-refractivity contribution is 6.35. The lowest BCUT2D eigenvalue weighted by atomic mass is 10.3. The maximum atomic E-state index is 11.7. The summed E-state index contributed by atoms with van der Waals surface area (Å²) in [5, 5.41) is 6.83. The Bertz CT molecular complexity index is 404. The number of nitrogens with zero attached hydrogens (tertiary/aromatic N) is 1. The van der Waals surface area contributed by atoms with Gasteiger partial charge in [0.1, 0.15) is 0 Å². The van der Waals surface area contributed by atoms with E-state index >= 15 is 0 Å². The van der Waals surface area contributed by atoms with Crippen LogP contribution in [0.4, 0.5) is 5.69 Å². The van der Waals surface area contributed by atoms with E-state index in [1.165, 1.54) is 0 Å². The van der Waals surface area contributed by atoms with Crippen molar-refractivity contribution in [2.45, 2.75) is 6.42 Å². The Hall–Kier alpha value is -0.810. The molecule has 0 bridgehead atoms. The molecule has 0 aliphatic rings. The van der Waals surface area contributed by atoms with Gasteiger partial charge in [-0.2, -0.15) is 0 Å². The molecule has 106 valence electrons. The van der Waals surface area contributed by atoms with Gasteiger partial charge in [0.15, 0.2) is 0 Å². The molecule has 0 atom stereocenters. The van der Waals surface area contributed by atoms with Gasteiger partial charge in [-0.25, -0.2) is 0 Å². The summed E-state index contributed by atoms with van der Waals surface area (Å²) < 4.78 is 0. The molecule has 0 aliphatic carbocycles. The number of halogens is 2. The van der Waals surface area contributed by atoms with Crippen LogP contribution in [0.2, 0.25) is 10.0 Å². The Labute approximate surface area is 124 Å². The standard InChI is InChI=1S/C13H19Cl2N3O/c1-18(2)5-3-4-16-9-13(19)17-12-7-10(14)6-11(15)8-12/h6-8,16H,3-5,9H2,1-2H3,(H,17,19). The fraction of sp³-hybridized carbons (Fsp3) is 0.462. The molecule has 1 aromatic rings. The van der Waals surface area contributed by atoms with Crippen LogP contribution in [-0.2, 0) is 4.79 Å². The minimum absolute atomic E-state index is 0.108. The molecule has 0 aliphatic heterocycles. The molecule has 4 nitrogen and oxygen atoms in total. The molecule has 0 saturated heterocycles. The molecular formula is C13H19Cl2N3O. The third-order valence-electron chi connectivity index (χ3n) is 2.39. The second kappa shape index (κ2) is 8.38. The van der Waals surface area contributed by atoms with Crippen molar-refractivity contribution < 1.29 is 4.79 Å². The van der Waals surface area contributed by atoms with E-state index in [0.717, 1.165) is 19.5 Å². The summed E-state index contributed by atoms with van der Waals surface area (Å²) in [4.78, 5) is 13.8. The molecule has 2 N–H and O–H groups in total. The van der Waals surface area contributed by atoms with Crippen molar-refractivity contribution in [3.05, 3.63) is 28.2 Å². The molecule has 0 aromatic heterocycles. The van der Waals surface area contributed by atoms with Crippen molar-refractivity contribution in [2.75, 3.05) is 39.0 Å². The smallest absolute Gasteiger partial charge is 0.238 e. The van der Waals surface area contributed by atoms with Crippen molar-refractivity contribution in [1.29, 1.82) is 0 Å². The van der Waals surface area contributed by atoms with Gasteiger partial charge in [-0.3, -0.25) is 4.79 Å². The molecule has 0 heterocycles. The average molecular weight is 304 g/mol. The zero-order valence-electron chi connectivity index (χ0n) is 11.2. The van der Waals surface area contributed by atoms with E-state index in [4.69, 9.17) is 23.2 Å². The maximum Gasteiger partial charge on any atom is 0.238 e. The lowest BCUT2D eigenvalue weighted by molar-refractivity contribution is -0.115. The summed E-state index contributed by atoms with van der Waals surface area (Å²) in [6, 6.07) is 4.95. The topological polar surface area (TPSA) is 44.4 Å². The second-order valence-corrected chi connectivity index (χ2v) is 5.41. The Morgan fingerprint density at radius 1 is 1.21 bits per heavy atom. The molecule has 0 fully saturated rings. The molecule has 0 saturated carbocycles. The predicted octanol–water partition coefficient (Wildman–Crippen LogP) is 2.47. The predicted molar refractivity (Wildman–Crippen MR) is 81.1 cm³/mol. The monoisotopic (exact) mass is 303 g/mol. The number of benzene rings is 1.